The Morgan fingerprint density at radius 2 is 2.29 bits per heavy atom. The lowest BCUT2D eigenvalue weighted by atomic mass is 9.75. The van der Waals surface area contributed by atoms with Gasteiger partial charge in [0, 0.05) is 0 Å². The third kappa shape index (κ3) is 2.71. The average Bonchev–Trinajstić information content (AvgIpc) is 2.27. The van der Waals surface area contributed by atoms with Gasteiger partial charge in [0.25, 0.3) is 0 Å². The van der Waals surface area contributed by atoms with Crippen LogP contribution in [0.2, 0.25) is 0 Å². The van der Waals surface area contributed by atoms with Gasteiger partial charge in [0.1, 0.15) is 0 Å². The Bertz CT molecular complexity index is 194. The summed E-state index contributed by atoms with van der Waals surface area (Å²) in [5.41, 5.74) is 5.64. The fourth-order valence-corrected chi connectivity index (χ4v) is 2.32. The normalized spacial score (nSPS) is 29.6. The van der Waals surface area contributed by atoms with E-state index in [1.54, 1.807) is 0 Å². The second-order valence-corrected chi connectivity index (χ2v) is 4.36. The van der Waals surface area contributed by atoms with Gasteiger partial charge in [-0.2, -0.15) is 0 Å². The molecule has 1 aliphatic carbocycles. The van der Waals surface area contributed by atoms with E-state index in [1.165, 1.54) is 13.5 Å². The van der Waals surface area contributed by atoms with Gasteiger partial charge in [-0.05, 0) is 31.2 Å². The van der Waals surface area contributed by atoms with E-state index in [2.05, 4.69) is 6.92 Å². The van der Waals surface area contributed by atoms with Crippen molar-refractivity contribution in [1.82, 2.24) is 0 Å². The number of rotatable bonds is 3. The van der Waals surface area contributed by atoms with E-state index >= 15 is 0 Å². The maximum atomic E-state index is 11.4. The van der Waals surface area contributed by atoms with Crippen molar-refractivity contribution in [1.29, 1.82) is 0 Å². The molecule has 0 aromatic rings. The lowest BCUT2D eigenvalue weighted by Crippen LogP contribution is -2.29. The quantitative estimate of drug-likeness (QED) is 0.702. The van der Waals surface area contributed by atoms with E-state index in [1.807, 2.05) is 0 Å². The van der Waals surface area contributed by atoms with Gasteiger partial charge in [-0.3, -0.25) is 4.79 Å². The first-order chi connectivity index (χ1) is 6.69. The number of ether oxygens (including phenoxy) is 1. The summed E-state index contributed by atoms with van der Waals surface area (Å²) >= 11 is 0. The monoisotopic (exact) mass is 199 g/mol. The molecule has 0 bridgehead atoms. The number of methoxy groups -OCH3 is 1. The van der Waals surface area contributed by atoms with Crippen LogP contribution in [0.1, 0.15) is 32.6 Å². The number of esters is 1. The van der Waals surface area contributed by atoms with Crippen LogP contribution in [0, 0.1) is 17.8 Å². The predicted molar refractivity (Wildman–Crippen MR) is 55.7 cm³/mol. The first-order valence-electron chi connectivity index (χ1n) is 5.47. The zero-order valence-electron chi connectivity index (χ0n) is 9.16. The lowest BCUT2D eigenvalue weighted by molar-refractivity contribution is -0.147. The SMILES string of the molecule is COC(=O)C1CCCC(C(C)CN)C1. The topological polar surface area (TPSA) is 52.3 Å². The molecule has 0 saturated heterocycles. The summed E-state index contributed by atoms with van der Waals surface area (Å²) < 4.78 is 4.78. The molecule has 2 N–H and O–H groups in total. The standard InChI is InChI=1S/C11H21NO2/c1-8(7-12)9-4-3-5-10(6-9)11(13)14-2/h8-10H,3-7,12H2,1-2H3. The van der Waals surface area contributed by atoms with Crippen LogP contribution in [-0.2, 0) is 9.53 Å². The van der Waals surface area contributed by atoms with Crippen molar-refractivity contribution in [2.75, 3.05) is 13.7 Å². The van der Waals surface area contributed by atoms with Crippen molar-refractivity contribution in [3.63, 3.8) is 0 Å². The third-order valence-electron chi connectivity index (χ3n) is 3.43. The summed E-state index contributed by atoms with van der Waals surface area (Å²) in [6.07, 6.45) is 4.30. The predicted octanol–water partition coefficient (Wildman–Crippen LogP) is 1.56. The van der Waals surface area contributed by atoms with Crippen LogP contribution < -0.4 is 5.73 Å². The van der Waals surface area contributed by atoms with Gasteiger partial charge in [0.15, 0.2) is 0 Å². The summed E-state index contributed by atoms with van der Waals surface area (Å²) in [6, 6.07) is 0. The maximum absolute atomic E-state index is 11.4. The Morgan fingerprint density at radius 3 is 2.86 bits per heavy atom. The van der Waals surface area contributed by atoms with Crippen molar-refractivity contribution in [2.24, 2.45) is 23.5 Å². The van der Waals surface area contributed by atoms with E-state index < -0.39 is 0 Å². The first-order valence-corrected chi connectivity index (χ1v) is 5.47. The van der Waals surface area contributed by atoms with Crippen LogP contribution >= 0.6 is 0 Å². The van der Waals surface area contributed by atoms with Gasteiger partial charge in [-0.1, -0.05) is 19.8 Å². The van der Waals surface area contributed by atoms with Crippen LogP contribution in [0.15, 0.2) is 0 Å². The van der Waals surface area contributed by atoms with Gasteiger partial charge in [-0.15, -0.1) is 0 Å². The fourth-order valence-electron chi connectivity index (χ4n) is 2.32. The number of hydrogen-bond donors (Lipinski definition) is 1. The summed E-state index contributed by atoms with van der Waals surface area (Å²) in [5, 5.41) is 0. The third-order valence-corrected chi connectivity index (χ3v) is 3.43. The molecule has 82 valence electrons. The second kappa shape index (κ2) is 5.35. The summed E-state index contributed by atoms with van der Waals surface area (Å²) in [7, 11) is 1.47. The molecule has 1 aliphatic rings. The molecule has 3 unspecified atom stereocenters. The van der Waals surface area contributed by atoms with Crippen molar-refractivity contribution < 1.29 is 9.53 Å². The molecule has 0 aliphatic heterocycles. The molecule has 3 nitrogen and oxygen atoms in total. The second-order valence-electron chi connectivity index (χ2n) is 4.36. The molecule has 0 aromatic heterocycles. The Kier molecular flexibility index (Phi) is 4.39. The highest BCUT2D eigenvalue weighted by Gasteiger charge is 2.29. The molecule has 0 heterocycles. The maximum Gasteiger partial charge on any atom is 0.308 e. The van der Waals surface area contributed by atoms with E-state index in [-0.39, 0.29) is 11.9 Å². The molecule has 1 saturated carbocycles. The van der Waals surface area contributed by atoms with Gasteiger partial charge in [-0.25, -0.2) is 0 Å². The zero-order valence-corrected chi connectivity index (χ0v) is 9.16. The molecule has 0 spiro atoms. The number of nitrogens with two attached hydrogens (primary N) is 1. The minimum Gasteiger partial charge on any atom is -0.469 e. The molecule has 1 rings (SSSR count). The smallest absolute Gasteiger partial charge is 0.308 e. The highest BCUT2D eigenvalue weighted by atomic mass is 16.5. The van der Waals surface area contributed by atoms with Crippen LogP contribution in [0.25, 0.3) is 0 Å². The van der Waals surface area contributed by atoms with Gasteiger partial charge >= 0.3 is 5.97 Å². The number of carbonyl (C=O) groups excluding carboxylic acids is 1. The molecule has 3 atom stereocenters. The molecular formula is C11H21NO2. The Labute approximate surface area is 86.0 Å². The molecule has 0 radical (unpaired) electrons. The lowest BCUT2D eigenvalue weighted by Gasteiger charge is -2.31. The molecular weight excluding hydrogens is 178 g/mol. The minimum atomic E-state index is -0.0427. The Balaban J connectivity index is 2.47. The number of carbonyl (C=O) groups is 1. The van der Waals surface area contributed by atoms with Crippen molar-refractivity contribution in [3.8, 4) is 0 Å². The van der Waals surface area contributed by atoms with Crippen LogP contribution in [-0.4, -0.2) is 19.6 Å². The van der Waals surface area contributed by atoms with Crippen molar-refractivity contribution >= 4 is 5.97 Å². The van der Waals surface area contributed by atoms with Crippen LogP contribution in [0.4, 0.5) is 0 Å². The van der Waals surface area contributed by atoms with E-state index in [9.17, 15) is 4.79 Å². The summed E-state index contributed by atoms with van der Waals surface area (Å²) in [5.74, 6) is 1.21. The Morgan fingerprint density at radius 1 is 1.57 bits per heavy atom. The van der Waals surface area contributed by atoms with Crippen molar-refractivity contribution in [2.45, 2.75) is 32.6 Å². The van der Waals surface area contributed by atoms with E-state index in [4.69, 9.17) is 10.5 Å². The van der Waals surface area contributed by atoms with Gasteiger partial charge in [0.2, 0.25) is 0 Å². The van der Waals surface area contributed by atoms with Gasteiger partial charge < -0.3 is 10.5 Å². The van der Waals surface area contributed by atoms with Gasteiger partial charge in [0.05, 0.1) is 13.0 Å². The molecule has 14 heavy (non-hydrogen) atoms. The minimum absolute atomic E-state index is 0.0427. The van der Waals surface area contributed by atoms with E-state index in [0.717, 1.165) is 25.8 Å². The summed E-state index contributed by atoms with van der Waals surface area (Å²) in [6.45, 7) is 2.89. The zero-order chi connectivity index (χ0) is 10.6. The van der Waals surface area contributed by atoms with Crippen LogP contribution in [0.3, 0.4) is 0 Å². The average molecular weight is 199 g/mol. The largest absolute Gasteiger partial charge is 0.469 e. The number of hydrogen-bond acceptors (Lipinski definition) is 3. The first kappa shape index (κ1) is 11.5. The van der Waals surface area contributed by atoms with E-state index in [0.29, 0.717) is 11.8 Å². The molecule has 1 fully saturated rings. The highest BCUT2D eigenvalue weighted by molar-refractivity contribution is 5.72. The molecule has 3 heteroatoms. The van der Waals surface area contributed by atoms with Crippen LogP contribution in [0.5, 0.6) is 0 Å². The Hall–Kier alpha value is -0.570. The molecule has 0 aromatic carbocycles. The highest BCUT2D eigenvalue weighted by Crippen LogP contribution is 2.33. The fraction of sp³-hybridized carbons (Fsp3) is 0.909. The van der Waals surface area contributed by atoms with Crippen molar-refractivity contribution in [3.05, 3.63) is 0 Å². The summed E-state index contributed by atoms with van der Waals surface area (Å²) in [4.78, 5) is 11.4. The molecule has 0 amide bonds.